The zero-order valence-electron chi connectivity index (χ0n) is 14.3. The van der Waals surface area contributed by atoms with Crippen LogP contribution in [0.15, 0.2) is 41.5 Å². The molecule has 2 amide bonds. The highest BCUT2D eigenvalue weighted by molar-refractivity contribution is 6.16. The number of nitrogens with one attached hydrogen (secondary N) is 2. The van der Waals surface area contributed by atoms with E-state index < -0.39 is 0 Å². The van der Waals surface area contributed by atoms with Gasteiger partial charge in [0, 0.05) is 23.7 Å². The lowest BCUT2D eigenvalue weighted by Crippen LogP contribution is -2.22. The third-order valence-electron chi connectivity index (χ3n) is 4.42. The van der Waals surface area contributed by atoms with Gasteiger partial charge in [0.2, 0.25) is 18.6 Å². The number of hydrazone groups is 1. The fraction of sp³-hybridized carbons (Fsp3) is 0.211. The summed E-state index contributed by atoms with van der Waals surface area (Å²) < 4.78 is 10.9. The zero-order valence-corrected chi connectivity index (χ0v) is 14.3. The number of anilines is 1. The fourth-order valence-corrected chi connectivity index (χ4v) is 3.07. The number of fused-ring (bicyclic) bond motifs is 2. The Kier molecular flexibility index (Phi) is 3.84. The van der Waals surface area contributed by atoms with Crippen LogP contribution in [0.3, 0.4) is 0 Å². The molecule has 26 heavy (non-hydrogen) atoms. The van der Waals surface area contributed by atoms with Gasteiger partial charge in [0.05, 0.1) is 11.6 Å². The quantitative estimate of drug-likeness (QED) is 0.869. The average Bonchev–Trinajstić information content (AvgIpc) is 3.04. The van der Waals surface area contributed by atoms with Gasteiger partial charge in [-0.15, -0.1) is 0 Å². The SMILES string of the molecule is CC(=O)Nc1ccc(C2=NNC(=O)C(C)c3cc4c(cc32)OCO4)cc1. The predicted octanol–water partition coefficient (Wildman–Crippen LogP) is 2.36. The molecular weight excluding hydrogens is 334 g/mol. The number of amides is 2. The number of rotatable bonds is 2. The molecule has 2 aliphatic rings. The molecule has 2 heterocycles. The molecule has 132 valence electrons. The van der Waals surface area contributed by atoms with Gasteiger partial charge < -0.3 is 14.8 Å². The molecule has 0 saturated carbocycles. The smallest absolute Gasteiger partial charge is 0.247 e. The van der Waals surface area contributed by atoms with Gasteiger partial charge in [0.15, 0.2) is 11.5 Å². The maximum Gasteiger partial charge on any atom is 0.247 e. The Balaban J connectivity index is 1.80. The number of hydrogen-bond acceptors (Lipinski definition) is 5. The van der Waals surface area contributed by atoms with E-state index in [9.17, 15) is 9.59 Å². The summed E-state index contributed by atoms with van der Waals surface area (Å²) in [5.74, 6) is 0.566. The summed E-state index contributed by atoms with van der Waals surface area (Å²) in [6.45, 7) is 3.45. The predicted molar refractivity (Wildman–Crippen MR) is 95.5 cm³/mol. The van der Waals surface area contributed by atoms with Crippen molar-refractivity contribution in [2.24, 2.45) is 5.10 Å². The molecule has 0 fully saturated rings. The van der Waals surface area contributed by atoms with Crippen LogP contribution >= 0.6 is 0 Å². The van der Waals surface area contributed by atoms with E-state index in [1.807, 2.05) is 31.2 Å². The number of carbonyl (C=O) groups excluding carboxylic acids is 2. The average molecular weight is 351 g/mol. The summed E-state index contributed by atoms with van der Waals surface area (Å²) >= 11 is 0. The second kappa shape index (κ2) is 6.18. The molecule has 0 bridgehead atoms. The minimum atomic E-state index is -0.376. The maximum atomic E-state index is 12.3. The molecule has 2 aromatic carbocycles. The van der Waals surface area contributed by atoms with Crippen LogP contribution in [0.1, 0.15) is 36.5 Å². The lowest BCUT2D eigenvalue weighted by molar-refractivity contribution is -0.122. The molecule has 2 aromatic rings. The first kappa shape index (κ1) is 16.1. The van der Waals surface area contributed by atoms with Gasteiger partial charge >= 0.3 is 0 Å². The normalized spacial score (nSPS) is 17.7. The van der Waals surface area contributed by atoms with E-state index in [1.165, 1.54) is 6.92 Å². The second-order valence-electron chi connectivity index (χ2n) is 6.21. The summed E-state index contributed by atoms with van der Waals surface area (Å²) in [7, 11) is 0. The Labute approximate surface area is 150 Å². The Morgan fingerprint density at radius 1 is 1.19 bits per heavy atom. The highest BCUT2D eigenvalue weighted by Crippen LogP contribution is 2.39. The summed E-state index contributed by atoms with van der Waals surface area (Å²) in [5.41, 5.74) is 6.39. The monoisotopic (exact) mass is 351 g/mol. The molecule has 7 nitrogen and oxygen atoms in total. The van der Waals surface area contributed by atoms with Crippen LogP contribution in [0, 0.1) is 0 Å². The first-order chi connectivity index (χ1) is 12.5. The summed E-state index contributed by atoms with van der Waals surface area (Å²) in [4.78, 5) is 23.5. The Hall–Kier alpha value is -3.35. The van der Waals surface area contributed by atoms with Crippen LogP contribution in [0.25, 0.3) is 0 Å². The molecule has 0 spiro atoms. The third kappa shape index (κ3) is 2.77. The molecule has 1 atom stereocenters. The molecule has 0 aromatic heterocycles. The van der Waals surface area contributed by atoms with Gasteiger partial charge in [0.25, 0.3) is 0 Å². The van der Waals surface area contributed by atoms with Crippen molar-refractivity contribution in [1.82, 2.24) is 5.43 Å². The fourth-order valence-electron chi connectivity index (χ4n) is 3.07. The number of carbonyl (C=O) groups is 2. The summed E-state index contributed by atoms with van der Waals surface area (Å²) in [6.07, 6.45) is 0. The molecule has 4 rings (SSSR count). The molecule has 0 aliphatic carbocycles. The molecule has 2 N–H and O–H groups in total. The van der Waals surface area contributed by atoms with Gasteiger partial charge in [0.1, 0.15) is 0 Å². The van der Waals surface area contributed by atoms with Crippen molar-refractivity contribution >= 4 is 23.2 Å². The van der Waals surface area contributed by atoms with E-state index in [0.717, 1.165) is 16.7 Å². The first-order valence-electron chi connectivity index (χ1n) is 8.22. The summed E-state index contributed by atoms with van der Waals surface area (Å²) in [6, 6.07) is 11.0. The van der Waals surface area contributed by atoms with Crippen LogP contribution in [0.4, 0.5) is 5.69 Å². The maximum absolute atomic E-state index is 12.3. The van der Waals surface area contributed by atoms with Crippen LogP contribution in [0.2, 0.25) is 0 Å². The molecule has 0 saturated heterocycles. The standard InChI is InChI=1S/C19H17N3O4/c1-10-14-7-16-17(26-9-25-16)8-15(14)18(21-22-19(10)24)12-3-5-13(6-4-12)20-11(2)23/h3-8,10H,9H2,1-2H3,(H,20,23)(H,22,24). The van der Waals surface area contributed by atoms with Crippen LogP contribution in [-0.2, 0) is 9.59 Å². The second-order valence-corrected chi connectivity index (χ2v) is 6.21. The lowest BCUT2D eigenvalue weighted by atomic mass is 9.90. The lowest BCUT2D eigenvalue weighted by Gasteiger charge is -2.14. The zero-order chi connectivity index (χ0) is 18.3. The van der Waals surface area contributed by atoms with Gasteiger partial charge in [-0.1, -0.05) is 12.1 Å². The number of benzene rings is 2. The number of ether oxygens (including phenoxy) is 2. The van der Waals surface area contributed by atoms with Crippen molar-refractivity contribution in [3.63, 3.8) is 0 Å². The van der Waals surface area contributed by atoms with Gasteiger partial charge in [-0.05, 0) is 36.8 Å². The minimum absolute atomic E-state index is 0.135. The molecule has 0 radical (unpaired) electrons. The van der Waals surface area contributed by atoms with Crippen molar-refractivity contribution in [2.45, 2.75) is 19.8 Å². The highest BCUT2D eigenvalue weighted by Gasteiger charge is 2.28. The Bertz CT molecular complexity index is 935. The van der Waals surface area contributed by atoms with E-state index in [4.69, 9.17) is 9.47 Å². The number of nitrogens with zero attached hydrogens (tertiary/aromatic N) is 1. The third-order valence-corrected chi connectivity index (χ3v) is 4.42. The van der Waals surface area contributed by atoms with Crippen molar-refractivity contribution < 1.29 is 19.1 Å². The van der Waals surface area contributed by atoms with Gasteiger partial charge in [-0.3, -0.25) is 9.59 Å². The van der Waals surface area contributed by atoms with Gasteiger partial charge in [-0.25, -0.2) is 5.43 Å². The topological polar surface area (TPSA) is 89.0 Å². The van der Waals surface area contributed by atoms with Crippen LogP contribution in [0.5, 0.6) is 11.5 Å². The van der Waals surface area contributed by atoms with Crippen molar-refractivity contribution in [3.05, 3.63) is 53.1 Å². The first-order valence-corrected chi connectivity index (χ1v) is 8.22. The van der Waals surface area contributed by atoms with Crippen LogP contribution in [-0.4, -0.2) is 24.3 Å². The molecular formula is C19H17N3O4. The molecule has 2 aliphatic heterocycles. The van der Waals surface area contributed by atoms with Gasteiger partial charge in [-0.2, -0.15) is 5.10 Å². The Morgan fingerprint density at radius 3 is 2.58 bits per heavy atom. The molecule has 1 unspecified atom stereocenters. The van der Waals surface area contributed by atoms with E-state index in [0.29, 0.717) is 22.9 Å². The molecule has 7 heteroatoms. The highest BCUT2D eigenvalue weighted by atomic mass is 16.7. The van der Waals surface area contributed by atoms with E-state index >= 15 is 0 Å². The Morgan fingerprint density at radius 2 is 1.88 bits per heavy atom. The van der Waals surface area contributed by atoms with Crippen LogP contribution < -0.4 is 20.2 Å². The van der Waals surface area contributed by atoms with Crippen molar-refractivity contribution in [3.8, 4) is 11.5 Å². The summed E-state index contributed by atoms with van der Waals surface area (Å²) in [5, 5.41) is 7.05. The van der Waals surface area contributed by atoms with Crippen molar-refractivity contribution in [2.75, 3.05) is 12.1 Å². The van der Waals surface area contributed by atoms with E-state index in [-0.39, 0.29) is 24.5 Å². The largest absolute Gasteiger partial charge is 0.454 e. The van der Waals surface area contributed by atoms with Crippen molar-refractivity contribution in [1.29, 1.82) is 0 Å². The number of hydrogen-bond donors (Lipinski definition) is 2. The minimum Gasteiger partial charge on any atom is -0.454 e. The van der Waals surface area contributed by atoms with E-state index in [1.54, 1.807) is 12.1 Å². The van der Waals surface area contributed by atoms with E-state index in [2.05, 4.69) is 15.8 Å².